The molecule has 0 amide bonds. The molecular weight excluding hydrogens is 228 g/mol. The predicted molar refractivity (Wildman–Crippen MR) is 70.3 cm³/mol. The van der Waals surface area contributed by atoms with Crippen LogP contribution in [-0.4, -0.2) is 40.6 Å². The number of aryl methyl sites for hydroxylation is 1. The van der Waals surface area contributed by atoms with Crippen molar-refractivity contribution in [1.29, 1.82) is 0 Å². The quantitative estimate of drug-likeness (QED) is 0.854. The topological polar surface area (TPSA) is 52.0 Å². The van der Waals surface area contributed by atoms with Crippen LogP contribution in [0.15, 0.2) is 6.33 Å². The number of aromatic nitrogens is 3. The molecule has 0 radical (unpaired) electrons. The highest BCUT2D eigenvalue weighted by Gasteiger charge is 2.34. The van der Waals surface area contributed by atoms with Crippen molar-refractivity contribution in [3.05, 3.63) is 12.2 Å². The molecule has 18 heavy (non-hydrogen) atoms. The van der Waals surface area contributed by atoms with Crippen molar-refractivity contribution in [2.75, 3.05) is 19.8 Å². The van der Waals surface area contributed by atoms with Crippen LogP contribution in [0.2, 0.25) is 0 Å². The third-order valence-corrected chi connectivity index (χ3v) is 3.78. The molecule has 2 heterocycles. The average molecular weight is 252 g/mol. The molecule has 1 aromatic rings. The van der Waals surface area contributed by atoms with Crippen molar-refractivity contribution < 1.29 is 4.74 Å². The molecule has 0 saturated carbocycles. The molecule has 2 rings (SSSR count). The fraction of sp³-hybridized carbons (Fsp3) is 0.846. The Morgan fingerprint density at radius 1 is 1.44 bits per heavy atom. The van der Waals surface area contributed by atoms with Crippen LogP contribution >= 0.6 is 0 Å². The van der Waals surface area contributed by atoms with Crippen LogP contribution < -0.4 is 5.32 Å². The first-order valence-corrected chi connectivity index (χ1v) is 6.75. The zero-order chi connectivity index (χ0) is 13.0. The van der Waals surface area contributed by atoms with Gasteiger partial charge in [-0.25, -0.2) is 4.98 Å². The Kier molecular flexibility index (Phi) is 4.35. The summed E-state index contributed by atoms with van der Waals surface area (Å²) in [4.78, 5) is 4.37. The van der Waals surface area contributed by atoms with Crippen LogP contribution in [0.3, 0.4) is 0 Å². The third kappa shape index (κ3) is 3.29. The lowest BCUT2D eigenvalue weighted by atomic mass is 9.76. The lowest BCUT2D eigenvalue weighted by Gasteiger charge is -2.37. The maximum absolute atomic E-state index is 5.51. The van der Waals surface area contributed by atoms with Crippen molar-refractivity contribution in [2.45, 2.75) is 39.2 Å². The van der Waals surface area contributed by atoms with E-state index in [2.05, 4.69) is 29.2 Å². The highest BCUT2D eigenvalue weighted by molar-refractivity contribution is 4.96. The number of hydrogen-bond acceptors (Lipinski definition) is 4. The van der Waals surface area contributed by atoms with E-state index in [9.17, 15) is 0 Å². The highest BCUT2D eigenvalue weighted by atomic mass is 16.5. The molecule has 0 spiro atoms. The van der Waals surface area contributed by atoms with Crippen LogP contribution in [-0.2, 0) is 18.2 Å². The Morgan fingerprint density at radius 3 is 2.72 bits per heavy atom. The second-order valence-electron chi connectivity index (χ2n) is 5.62. The first-order valence-electron chi connectivity index (χ1n) is 6.75. The smallest absolute Gasteiger partial charge is 0.138 e. The Labute approximate surface area is 109 Å². The van der Waals surface area contributed by atoms with Gasteiger partial charge in [0.2, 0.25) is 0 Å². The summed E-state index contributed by atoms with van der Waals surface area (Å²) < 4.78 is 7.39. The monoisotopic (exact) mass is 252 g/mol. The molecule has 0 atom stereocenters. The summed E-state index contributed by atoms with van der Waals surface area (Å²) in [5.74, 6) is 1.07. The Balaban J connectivity index is 2.06. The van der Waals surface area contributed by atoms with Crippen LogP contribution in [0.1, 0.15) is 32.5 Å². The van der Waals surface area contributed by atoms with Gasteiger partial charge in [0.05, 0.1) is 0 Å². The fourth-order valence-electron chi connectivity index (χ4n) is 2.46. The van der Waals surface area contributed by atoms with E-state index < -0.39 is 0 Å². The molecule has 1 aliphatic rings. The number of nitrogens with zero attached hydrogens (tertiary/aromatic N) is 3. The Bertz CT molecular complexity index is 369. The van der Waals surface area contributed by atoms with Gasteiger partial charge >= 0.3 is 0 Å². The van der Waals surface area contributed by atoms with Gasteiger partial charge in [0.25, 0.3) is 0 Å². The Morgan fingerprint density at radius 2 is 2.17 bits per heavy atom. The van der Waals surface area contributed by atoms with Gasteiger partial charge in [-0.2, -0.15) is 5.10 Å². The number of ether oxygens (including phenoxy) is 1. The molecule has 5 heteroatoms. The molecule has 0 aliphatic carbocycles. The molecule has 102 valence electrons. The van der Waals surface area contributed by atoms with Gasteiger partial charge in [0.1, 0.15) is 12.2 Å². The van der Waals surface area contributed by atoms with Crippen LogP contribution in [0.5, 0.6) is 0 Å². The standard InChI is InChI=1S/C13H24N4O/c1-11(2)14-9-13(4-6-18-7-5-13)8-12-15-10-16-17(12)3/h10-11,14H,4-9H2,1-3H3. The molecule has 1 N–H and O–H groups in total. The summed E-state index contributed by atoms with van der Waals surface area (Å²) in [6, 6.07) is 0.518. The van der Waals surface area contributed by atoms with Crippen molar-refractivity contribution in [1.82, 2.24) is 20.1 Å². The number of hydrogen-bond donors (Lipinski definition) is 1. The molecule has 1 saturated heterocycles. The molecular formula is C13H24N4O. The van der Waals surface area contributed by atoms with Crippen LogP contribution in [0, 0.1) is 5.41 Å². The lowest BCUT2D eigenvalue weighted by molar-refractivity contribution is 0.0127. The second kappa shape index (κ2) is 5.80. The number of rotatable bonds is 5. The second-order valence-corrected chi connectivity index (χ2v) is 5.62. The first kappa shape index (κ1) is 13.5. The predicted octanol–water partition coefficient (Wildman–Crippen LogP) is 1.15. The van der Waals surface area contributed by atoms with Gasteiger partial charge < -0.3 is 10.1 Å². The minimum Gasteiger partial charge on any atom is -0.381 e. The third-order valence-electron chi connectivity index (χ3n) is 3.78. The molecule has 5 nitrogen and oxygen atoms in total. The van der Waals surface area contributed by atoms with E-state index in [1.54, 1.807) is 6.33 Å². The molecule has 0 unspecified atom stereocenters. The minimum atomic E-state index is 0.267. The van der Waals surface area contributed by atoms with Crippen molar-refractivity contribution in [2.24, 2.45) is 12.5 Å². The lowest BCUT2D eigenvalue weighted by Crippen LogP contribution is -2.43. The molecule has 1 aliphatic heterocycles. The molecule has 1 fully saturated rings. The Hall–Kier alpha value is -0.940. The van der Waals surface area contributed by atoms with Gasteiger partial charge in [-0.05, 0) is 18.3 Å². The van der Waals surface area contributed by atoms with E-state index in [0.717, 1.165) is 44.8 Å². The molecule has 1 aromatic heterocycles. The van der Waals surface area contributed by atoms with Gasteiger partial charge in [-0.1, -0.05) is 13.8 Å². The normalized spacial score (nSPS) is 19.3. The van der Waals surface area contributed by atoms with E-state index in [0.29, 0.717) is 6.04 Å². The van der Waals surface area contributed by atoms with E-state index >= 15 is 0 Å². The van der Waals surface area contributed by atoms with Gasteiger partial charge in [0, 0.05) is 39.3 Å². The first-order chi connectivity index (χ1) is 8.61. The highest BCUT2D eigenvalue weighted by Crippen LogP contribution is 2.33. The van der Waals surface area contributed by atoms with E-state index in [1.807, 2.05) is 11.7 Å². The molecule has 0 aromatic carbocycles. The average Bonchev–Trinajstić information content (AvgIpc) is 2.74. The zero-order valence-electron chi connectivity index (χ0n) is 11.6. The summed E-state index contributed by atoms with van der Waals surface area (Å²) in [7, 11) is 1.96. The fourth-order valence-corrected chi connectivity index (χ4v) is 2.46. The zero-order valence-corrected chi connectivity index (χ0v) is 11.6. The minimum absolute atomic E-state index is 0.267. The maximum atomic E-state index is 5.51. The van der Waals surface area contributed by atoms with Crippen molar-refractivity contribution >= 4 is 0 Å². The van der Waals surface area contributed by atoms with E-state index in [-0.39, 0.29) is 5.41 Å². The van der Waals surface area contributed by atoms with Gasteiger partial charge in [0.15, 0.2) is 0 Å². The summed E-state index contributed by atoms with van der Waals surface area (Å²) in [6.45, 7) is 7.13. The summed E-state index contributed by atoms with van der Waals surface area (Å²) in [5, 5.41) is 7.74. The summed E-state index contributed by atoms with van der Waals surface area (Å²) in [5.41, 5.74) is 0.267. The largest absolute Gasteiger partial charge is 0.381 e. The van der Waals surface area contributed by atoms with Crippen LogP contribution in [0.4, 0.5) is 0 Å². The van der Waals surface area contributed by atoms with E-state index in [1.165, 1.54) is 0 Å². The number of nitrogens with one attached hydrogen (secondary N) is 1. The van der Waals surface area contributed by atoms with Crippen LogP contribution in [0.25, 0.3) is 0 Å². The van der Waals surface area contributed by atoms with Gasteiger partial charge in [-0.3, -0.25) is 4.68 Å². The van der Waals surface area contributed by atoms with Crippen molar-refractivity contribution in [3.63, 3.8) is 0 Å². The van der Waals surface area contributed by atoms with Crippen molar-refractivity contribution in [3.8, 4) is 0 Å². The summed E-state index contributed by atoms with van der Waals surface area (Å²) in [6.07, 6.45) is 4.81. The SMILES string of the molecule is CC(C)NCC1(Cc2ncnn2C)CCOCC1. The van der Waals surface area contributed by atoms with E-state index in [4.69, 9.17) is 4.74 Å². The van der Waals surface area contributed by atoms with Gasteiger partial charge in [-0.15, -0.1) is 0 Å². The molecule has 0 bridgehead atoms. The maximum Gasteiger partial charge on any atom is 0.138 e. The summed E-state index contributed by atoms with van der Waals surface area (Å²) >= 11 is 0.